The lowest BCUT2D eigenvalue weighted by Gasteiger charge is -1.98. The van der Waals surface area contributed by atoms with Gasteiger partial charge in [0.2, 0.25) is 0 Å². The molecule has 0 radical (unpaired) electrons. The van der Waals surface area contributed by atoms with Crippen molar-refractivity contribution < 1.29 is 8.63 Å². The minimum Gasteiger partial charge on any atom is -0.456 e. The lowest BCUT2D eigenvalue weighted by Crippen LogP contribution is -1.94. The summed E-state index contributed by atoms with van der Waals surface area (Å²) in [6.45, 7) is 0. The summed E-state index contributed by atoms with van der Waals surface area (Å²) in [6, 6.07) is 13.2. The van der Waals surface area contributed by atoms with E-state index in [1.54, 1.807) is 12.1 Å². The van der Waals surface area contributed by atoms with E-state index >= 15 is 0 Å². The molecule has 14 heavy (non-hydrogen) atoms. The van der Waals surface area contributed by atoms with Gasteiger partial charge in [-0.15, -0.1) is 0 Å². The molecule has 0 saturated carbocycles. The first-order valence-corrected chi connectivity index (χ1v) is 5.64. The van der Waals surface area contributed by atoms with Gasteiger partial charge in [-0.2, -0.15) is 0 Å². The molecule has 0 aliphatic heterocycles. The molecule has 72 valence electrons. The van der Waals surface area contributed by atoms with Crippen molar-refractivity contribution in [2.45, 2.75) is 10.8 Å². The van der Waals surface area contributed by atoms with Gasteiger partial charge in [-0.05, 0) is 17.7 Å². The molecular weight excluding hydrogens is 196 g/mol. The Morgan fingerprint density at radius 2 is 1.86 bits per heavy atom. The molecule has 3 heteroatoms. The second-order valence-electron chi connectivity index (χ2n) is 2.91. The topological polar surface area (TPSA) is 30.2 Å². The van der Waals surface area contributed by atoms with E-state index < -0.39 is 10.8 Å². The average Bonchev–Trinajstić information content (AvgIpc) is 2.72. The fourth-order valence-electron chi connectivity index (χ4n) is 1.19. The van der Waals surface area contributed by atoms with Gasteiger partial charge in [0.05, 0.1) is 22.8 Å². The van der Waals surface area contributed by atoms with Crippen molar-refractivity contribution in [3.63, 3.8) is 0 Å². The van der Waals surface area contributed by atoms with Gasteiger partial charge in [0.25, 0.3) is 0 Å². The second kappa shape index (κ2) is 4.24. The highest BCUT2D eigenvalue weighted by Crippen LogP contribution is 2.12. The van der Waals surface area contributed by atoms with Gasteiger partial charge >= 0.3 is 0 Å². The zero-order valence-electron chi connectivity index (χ0n) is 7.55. The maximum Gasteiger partial charge on any atom is 0.190 e. The monoisotopic (exact) mass is 206 g/mol. The molecule has 1 aromatic carbocycles. The van der Waals surface area contributed by atoms with Gasteiger partial charge in [-0.3, -0.25) is 4.21 Å². The van der Waals surface area contributed by atoms with Crippen molar-refractivity contribution in [1.82, 2.24) is 0 Å². The summed E-state index contributed by atoms with van der Waals surface area (Å²) in [4.78, 5) is 0. The first kappa shape index (κ1) is 9.21. The fraction of sp³-hybridized carbons (Fsp3) is 0.0909. The Balaban J connectivity index is 2.10. The maximum absolute atomic E-state index is 11.7. The Kier molecular flexibility index (Phi) is 2.79. The Hall–Kier alpha value is -1.35. The molecule has 0 bridgehead atoms. The Labute approximate surface area is 85.0 Å². The number of hydrogen-bond donors (Lipinski definition) is 0. The average molecular weight is 206 g/mol. The van der Waals surface area contributed by atoms with Crippen LogP contribution in [0.25, 0.3) is 0 Å². The summed E-state index contributed by atoms with van der Waals surface area (Å²) in [5.74, 6) is 0.508. The van der Waals surface area contributed by atoms with E-state index in [-0.39, 0.29) is 0 Å². The van der Waals surface area contributed by atoms with Crippen LogP contribution >= 0.6 is 0 Å². The van der Waals surface area contributed by atoms with Crippen LogP contribution in [0.5, 0.6) is 0 Å². The zero-order valence-corrected chi connectivity index (χ0v) is 8.37. The van der Waals surface area contributed by atoms with Gasteiger partial charge in [-0.25, -0.2) is 0 Å². The van der Waals surface area contributed by atoms with Crippen LogP contribution in [0.1, 0.15) is 5.56 Å². The molecule has 2 aromatic rings. The zero-order chi connectivity index (χ0) is 9.80. The van der Waals surface area contributed by atoms with E-state index in [9.17, 15) is 4.21 Å². The predicted octanol–water partition coefficient (Wildman–Crippen LogP) is 2.59. The van der Waals surface area contributed by atoms with Gasteiger partial charge in [0, 0.05) is 0 Å². The molecule has 0 spiro atoms. The van der Waals surface area contributed by atoms with Gasteiger partial charge in [0.1, 0.15) is 0 Å². The van der Waals surface area contributed by atoms with Crippen molar-refractivity contribution in [3.8, 4) is 0 Å². The molecule has 1 aromatic heterocycles. The molecule has 0 aliphatic carbocycles. The quantitative estimate of drug-likeness (QED) is 0.772. The van der Waals surface area contributed by atoms with Crippen LogP contribution in [0, 0.1) is 0 Å². The van der Waals surface area contributed by atoms with E-state index in [2.05, 4.69) is 0 Å². The minimum absolute atomic E-state index is 0.508. The summed E-state index contributed by atoms with van der Waals surface area (Å²) in [5, 5.41) is 0.536. The van der Waals surface area contributed by atoms with E-state index in [1.165, 1.54) is 6.26 Å². The standard InChI is InChI=1S/C11H10O2S/c12-14(11-7-4-8-13-11)9-10-5-2-1-3-6-10/h1-8H,9H2. The van der Waals surface area contributed by atoms with E-state index in [4.69, 9.17) is 4.42 Å². The van der Waals surface area contributed by atoms with Crippen LogP contribution in [0.3, 0.4) is 0 Å². The molecule has 1 heterocycles. The summed E-state index contributed by atoms with van der Waals surface area (Å²) in [5.41, 5.74) is 1.06. The second-order valence-corrected chi connectivity index (χ2v) is 4.29. The third-order valence-corrected chi connectivity index (χ3v) is 3.14. The van der Waals surface area contributed by atoms with E-state index in [0.29, 0.717) is 10.8 Å². The van der Waals surface area contributed by atoms with Crippen LogP contribution in [0.2, 0.25) is 0 Å². The van der Waals surface area contributed by atoms with Crippen LogP contribution in [0.4, 0.5) is 0 Å². The van der Waals surface area contributed by atoms with Crippen molar-refractivity contribution in [2.75, 3.05) is 0 Å². The number of furan rings is 1. The number of hydrogen-bond acceptors (Lipinski definition) is 2. The predicted molar refractivity (Wildman–Crippen MR) is 55.3 cm³/mol. The maximum atomic E-state index is 11.7. The van der Waals surface area contributed by atoms with Crippen LogP contribution in [-0.4, -0.2) is 4.21 Å². The summed E-state index contributed by atoms with van der Waals surface area (Å²) >= 11 is 0. The molecule has 1 unspecified atom stereocenters. The third-order valence-electron chi connectivity index (χ3n) is 1.86. The molecule has 0 N–H and O–H groups in total. The van der Waals surface area contributed by atoms with Gasteiger partial charge in [0.15, 0.2) is 5.09 Å². The molecule has 0 amide bonds. The van der Waals surface area contributed by atoms with Crippen molar-refractivity contribution >= 4 is 10.8 Å². The lowest BCUT2D eigenvalue weighted by molar-refractivity contribution is 0.465. The Bertz CT molecular complexity index is 406. The number of benzene rings is 1. The Morgan fingerprint density at radius 1 is 1.07 bits per heavy atom. The van der Waals surface area contributed by atoms with Gasteiger partial charge in [-0.1, -0.05) is 30.3 Å². The van der Waals surface area contributed by atoms with E-state index in [0.717, 1.165) is 5.56 Å². The first-order valence-electron chi connectivity index (χ1n) is 4.32. The molecule has 0 aliphatic rings. The molecule has 1 atom stereocenters. The van der Waals surface area contributed by atoms with Crippen LogP contribution in [0.15, 0.2) is 58.2 Å². The summed E-state index contributed by atoms with van der Waals surface area (Å²) < 4.78 is 16.8. The molecule has 2 nitrogen and oxygen atoms in total. The minimum atomic E-state index is -1.07. The van der Waals surface area contributed by atoms with Crippen LogP contribution < -0.4 is 0 Å². The third kappa shape index (κ3) is 2.12. The molecule has 2 rings (SSSR count). The summed E-state index contributed by atoms with van der Waals surface area (Å²) in [6.07, 6.45) is 1.54. The van der Waals surface area contributed by atoms with Crippen LogP contribution in [-0.2, 0) is 16.6 Å². The highest BCUT2D eigenvalue weighted by Gasteiger charge is 2.06. The summed E-state index contributed by atoms with van der Waals surface area (Å²) in [7, 11) is -1.07. The van der Waals surface area contributed by atoms with E-state index in [1.807, 2.05) is 30.3 Å². The lowest BCUT2D eigenvalue weighted by atomic mass is 10.2. The smallest absolute Gasteiger partial charge is 0.190 e. The normalized spacial score (nSPS) is 12.6. The molecule has 0 fully saturated rings. The largest absolute Gasteiger partial charge is 0.456 e. The highest BCUT2D eigenvalue weighted by atomic mass is 32.2. The Morgan fingerprint density at radius 3 is 2.50 bits per heavy atom. The number of rotatable bonds is 3. The highest BCUT2D eigenvalue weighted by molar-refractivity contribution is 7.84. The van der Waals surface area contributed by atoms with Gasteiger partial charge < -0.3 is 4.42 Å². The fourth-order valence-corrected chi connectivity index (χ4v) is 2.22. The van der Waals surface area contributed by atoms with Crippen molar-refractivity contribution in [2.24, 2.45) is 0 Å². The first-order chi connectivity index (χ1) is 6.86. The molecule has 0 saturated heterocycles. The van der Waals surface area contributed by atoms with Crippen molar-refractivity contribution in [1.29, 1.82) is 0 Å². The van der Waals surface area contributed by atoms with Crippen molar-refractivity contribution in [3.05, 3.63) is 54.3 Å². The molecular formula is C11H10O2S. The SMILES string of the molecule is O=S(Cc1ccccc1)c1ccco1.